The van der Waals surface area contributed by atoms with Crippen LogP contribution in [0.2, 0.25) is 0 Å². The van der Waals surface area contributed by atoms with Gasteiger partial charge in [0.1, 0.15) is 0 Å². The van der Waals surface area contributed by atoms with E-state index in [1.165, 1.54) is 11.3 Å². The van der Waals surface area contributed by atoms with E-state index < -0.39 is 6.03 Å². The Morgan fingerprint density at radius 2 is 1.89 bits per heavy atom. The summed E-state index contributed by atoms with van der Waals surface area (Å²) >= 11 is 1.34. The fourth-order valence-electron chi connectivity index (χ4n) is 1.30. The number of hydrogen-bond acceptors (Lipinski definition) is 4. The van der Waals surface area contributed by atoms with E-state index in [0.717, 1.165) is 0 Å². The molecule has 1 aromatic heterocycles. The molecule has 0 saturated heterocycles. The molecule has 3 amide bonds. The van der Waals surface area contributed by atoms with Crippen molar-refractivity contribution in [2.75, 3.05) is 10.6 Å². The predicted octanol–water partition coefficient (Wildman–Crippen LogP) is 1.89. The monoisotopic (exact) mass is 262 g/mol. The lowest BCUT2D eigenvalue weighted by molar-refractivity contribution is 0.102. The second-order valence-corrected chi connectivity index (χ2v) is 4.25. The van der Waals surface area contributed by atoms with Gasteiger partial charge in [-0.25, -0.2) is 9.78 Å². The van der Waals surface area contributed by atoms with Crippen molar-refractivity contribution in [1.82, 2.24) is 4.98 Å². The van der Waals surface area contributed by atoms with Gasteiger partial charge >= 0.3 is 6.03 Å². The number of nitrogens with one attached hydrogen (secondary N) is 2. The first-order valence-corrected chi connectivity index (χ1v) is 5.90. The molecule has 2 aromatic rings. The summed E-state index contributed by atoms with van der Waals surface area (Å²) in [6.07, 6.45) is 1.61. The Labute approximate surface area is 107 Å². The Morgan fingerprint density at radius 1 is 1.17 bits per heavy atom. The van der Waals surface area contributed by atoms with Crippen molar-refractivity contribution in [3.63, 3.8) is 0 Å². The first kappa shape index (κ1) is 12.1. The number of primary amides is 1. The highest BCUT2D eigenvalue weighted by atomic mass is 32.1. The van der Waals surface area contributed by atoms with E-state index in [2.05, 4.69) is 15.6 Å². The van der Waals surface area contributed by atoms with Gasteiger partial charge in [0.25, 0.3) is 5.91 Å². The summed E-state index contributed by atoms with van der Waals surface area (Å²) in [5, 5.41) is 7.38. The third-order valence-corrected chi connectivity index (χ3v) is 2.76. The molecule has 0 atom stereocenters. The minimum atomic E-state index is -0.644. The molecule has 0 aliphatic rings. The van der Waals surface area contributed by atoms with Gasteiger partial charge in [-0.05, 0) is 24.3 Å². The summed E-state index contributed by atoms with van der Waals surface area (Å²) in [4.78, 5) is 26.4. The minimum Gasteiger partial charge on any atom is -0.351 e. The summed E-state index contributed by atoms with van der Waals surface area (Å²) < 4.78 is 0. The van der Waals surface area contributed by atoms with Crippen LogP contribution in [0.4, 0.5) is 15.6 Å². The van der Waals surface area contributed by atoms with Gasteiger partial charge in [-0.1, -0.05) is 0 Å². The van der Waals surface area contributed by atoms with Gasteiger partial charge < -0.3 is 11.1 Å². The van der Waals surface area contributed by atoms with Gasteiger partial charge in [0, 0.05) is 22.8 Å². The molecular formula is C11H10N4O2S. The zero-order valence-corrected chi connectivity index (χ0v) is 10.0. The Bertz CT molecular complexity index is 551. The molecule has 0 radical (unpaired) electrons. The molecule has 1 heterocycles. The first-order valence-electron chi connectivity index (χ1n) is 5.02. The molecule has 0 spiro atoms. The number of nitrogens with two attached hydrogens (primary N) is 1. The molecule has 0 bridgehead atoms. The van der Waals surface area contributed by atoms with Crippen molar-refractivity contribution < 1.29 is 9.59 Å². The fourth-order valence-corrected chi connectivity index (χ4v) is 1.83. The van der Waals surface area contributed by atoms with Crippen LogP contribution in [0.1, 0.15) is 10.4 Å². The van der Waals surface area contributed by atoms with Crippen LogP contribution in [0.15, 0.2) is 35.8 Å². The molecule has 0 unspecified atom stereocenters. The van der Waals surface area contributed by atoms with E-state index in [1.807, 2.05) is 0 Å². The number of carbonyl (C=O) groups is 2. The number of amides is 3. The molecule has 7 heteroatoms. The average molecular weight is 262 g/mol. The number of aromatic nitrogens is 1. The van der Waals surface area contributed by atoms with E-state index >= 15 is 0 Å². The number of benzene rings is 1. The highest BCUT2D eigenvalue weighted by Gasteiger charge is 2.07. The van der Waals surface area contributed by atoms with Crippen molar-refractivity contribution >= 4 is 34.1 Å². The van der Waals surface area contributed by atoms with Crippen LogP contribution in [-0.2, 0) is 0 Å². The average Bonchev–Trinajstić information content (AvgIpc) is 2.82. The van der Waals surface area contributed by atoms with Crippen molar-refractivity contribution in [2.24, 2.45) is 5.73 Å². The van der Waals surface area contributed by atoms with Crippen LogP contribution in [-0.4, -0.2) is 16.9 Å². The van der Waals surface area contributed by atoms with Crippen molar-refractivity contribution in [2.45, 2.75) is 0 Å². The molecule has 92 valence electrons. The minimum absolute atomic E-state index is 0.254. The molecule has 4 N–H and O–H groups in total. The number of thiazole rings is 1. The maximum atomic E-state index is 11.8. The van der Waals surface area contributed by atoms with E-state index in [0.29, 0.717) is 16.4 Å². The number of urea groups is 1. The number of anilines is 2. The maximum absolute atomic E-state index is 11.8. The predicted molar refractivity (Wildman–Crippen MR) is 69.7 cm³/mol. The molecule has 2 rings (SSSR count). The standard InChI is InChI=1S/C11H10N4O2S/c12-10(17)14-8-3-1-7(2-4-8)9(16)15-11-13-5-6-18-11/h1-6H,(H3,12,14,17)(H,13,15,16). The number of nitrogens with zero attached hydrogens (tertiary/aromatic N) is 1. The highest BCUT2D eigenvalue weighted by molar-refractivity contribution is 7.13. The zero-order valence-electron chi connectivity index (χ0n) is 9.21. The van der Waals surface area contributed by atoms with Crippen LogP contribution in [0.5, 0.6) is 0 Å². The second kappa shape index (κ2) is 5.28. The first-order chi connectivity index (χ1) is 8.65. The molecule has 6 nitrogen and oxygen atoms in total. The van der Waals surface area contributed by atoms with E-state index in [-0.39, 0.29) is 5.91 Å². The number of hydrogen-bond donors (Lipinski definition) is 3. The summed E-state index contributed by atoms with van der Waals surface area (Å²) in [6.45, 7) is 0. The van der Waals surface area contributed by atoms with E-state index in [4.69, 9.17) is 5.73 Å². The van der Waals surface area contributed by atoms with Crippen molar-refractivity contribution in [3.05, 3.63) is 41.4 Å². The molecule has 0 fully saturated rings. The lowest BCUT2D eigenvalue weighted by Crippen LogP contribution is -2.19. The molecule has 1 aromatic carbocycles. The Hall–Kier alpha value is -2.41. The van der Waals surface area contributed by atoms with Crippen LogP contribution in [0.25, 0.3) is 0 Å². The Morgan fingerprint density at radius 3 is 2.44 bits per heavy atom. The fraction of sp³-hybridized carbons (Fsp3) is 0. The highest BCUT2D eigenvalue weighted by Crippen LogP contribution is 2.14. The second-order valence-electron chi connectivity index (χ2n) is 3.36. The summed E-state index contributed by atoms with van der Waals surface area (Å²) in [7, 11) is 0. The molecule has 0 saturated carbocycles. The molecule has 0 aliphatic carbocycles. The van der Waals surface area contributed by atoms with Gasteiger partial charge in [-0.2, -0.15) is 0 Å². The smallest absolute Gasteiger partial charge is 0.316 e. The van der Waals surface area contributed by atoms with Crippen LogP contribution >= 0.6 is 11.3 Å². The summed E-state index contributed by atoms with van der Waals surface area (Å²) in [5.74, 6) is -0.254. The normalized spacial score (nSPS) is 9.78. The zero-order chi connectivity index (χ0) is 13.0. The van der Waals surface area contributed by atoms with Gasteiger partial charge in [0.05, 0.1) is 0 Å². The van der Waals surface area contributed by atoms with Crippen molar-refractivity contribution in [1.29, 1.82) is 0 Å². The van der Waals surface area contributed by atoms with Crippen LogP contribution in [0, 0.1) is 0 Å². The van der Waals surface area contributed by atoms with E-state index in [1.54, 1.807) is 35.8 Å². The maximum Gasteiger partial charge on any atom is 0.316 e. The largest absolute Gasteiger partial charge is 0.351 e. The third kappa shape index (κ3) is 3.05. The van der Waals surface area contributed by atoms with Crippen LogP contribution < -0.4 is 16.4 Å². The summed E-state index contributed by atoms with van der Waals surface area (Å²) in [6, 6.07) is 5.74. The summed E-state index contributed by atoms with van der Waals surface area (Å²) in [5.41, 5.74) is 5.98. The molecule has 18 heavy (non-hydrogen) atoms. The number of rotatable bonds is 3. The van der Waals surface area contributed by atoms with Gasteiger partial charge in [-0.15, -0.1) is 11.3 Å². The third-order valence-electron chi connectivity index (χ3n) is 2.07. The SMILES string of the molecule is NC(=O)Nc1ccc(C(=O)Nc2nccs2)cc1. The topological polar surface area (TPSA) is 97.1 Å². The van der Waals surface area contributed by atoms with Crippen molar-refractivity contribution in [3.8, 4) is 0 Å². The molecule has 0 aliphatic heterocycles. The Kier molecular flexibility index (Phi) is 3.54. The van der Waals surface area contributed by atoms with Crippen LogP contribution in [0.3, 0.4) is 0 Å². The van der Waals surface area contributed by atoms with Gasteiger partial charge in [0.15, 0.2) is 5.13 Å². The quantitative estimate of drug-likeness (QED) is 0.787. The number of carbonyl (C=O) groups excluding carboxylic acids is 2. The lowest BCUT2D eigenvalue weighted by atomic mass is 10.2. The van der Waals surface area contributed by atoms with E-state index in [9.17, 15) is 9.59 Å². The lowest BCUT2D eigenvalue weighted by Gasteiger charge is -2.04. The van der Waals surface area contributed by atoms with Gasteiger partial charge in [-0.3, -0.25) is 10.1 Å². The van der Waals surface area contributed by atoms with Gasteiger partial charge in [0.2, 0.25) is 0 Å². The Balaban J connectivity index is 2.05. The molecular weight excluding hydrogens is 252 g/mol.